The molecular weight excluding hydrogens is 474 g/mol. The first kappa shape index (κ1) is 25.4. The van der Waals surface area contributed by atoms with Crippen molar-refractivity contribution in [3.63, 3.8) is 0 Å². The first-order chi connectivity index (χ1) is 17.3. The number of hydrogen-bond acceptors (Lipinski definition) is 6. The number of hydrogen-bond donors (Lipinski definition) is 1. The molecule has 0 spiro atoms. The second-order valence-corrected chi connectivity index (χ2v) is 10.1. The zero-order chi connectivity index (χ0) is 25.7. The lowest BCUT2D eigenvalue weighted by atomic mass is 10.0. The molecule has 0 aliphatic carbocycles. The van der Waals surface area contributed by atoms with Gasteiger partial charge in [-0.25, -0.2) is 4.68 Å². The maximum absolute atomic E-state index is 14.0. The van der Waals surface area contributed by atoms with Crippen LogP contribution in [-0.4, -0.2) is 39.0 Å². The van der Waals surface area contributed by atoms with E-state index in [0.29, 0.717) is 23.6 Å². The summed E-state index contributed by atoms with van der Waals surface area (Å²) in [5.41, 5.74) is 1.62. The minimum atomic E-state index is -0.851. The van der Waals surface area contributed by atoms with E-state index in [0.717, 1.165) is 16.8 Å². The van der Waals surface area contributed by atoms with Gasteiger partial charge in [0.15, 0.2) is 0 Å². The first-order valence-electron chi connectivity index (χ1n) is 12.0. The molecule has 0 bridgehead atoms. The van der Waals surface area contributed by atoms with E-state index in [-0.39, 0.29) is 18.4 Å². The van der Waals surface area contributed by atoms with Crippen molar-refractivity contribution in [3.05, 3.63) is 70.9 Å². The molecule has 4 rings (SSSR count). The molecule has 0 saturated heterocycles. The monoisotopic (exact) mass is 505 g/mol. The quantitative estimate of drug-likeness (QED) is 0.329. The molecule has 0 aliphatic heterocycles. The van der Waals surface area contributed by atoms with Crippen LogP contribution in [0.2, 0.25) is 0 Å². The Bertz CT molecular complexity index is 1310. The molecule has 8 nitrogen and oxygen atoms in total. The van der Waals surface area contributed by atoms with Crippen molar-refractivity contribution in [2.75, 3.05) is 11.5 Å². The lowest BCUT2D eigenvalue weighted by Crippen LogP contribution is -2.50. The number of ether oxygens (including phenoxy) is 1. The van der Waals surface area contributed by atoms with Gasteiger partial charge in [0.1, 0.15) is 23.9 Å². The molecule has 2 amide bonds. The molecule has 188 valence electrons. The fourth-order valence-electron chi connectivity index (χ4n) is 3.86. The normalized spacial score (nSPS) is 12.3. The Morgan fingerprint density at radius 2 is 1.83 bits per heavy atom. The van der Waals surface area contributed by atoms with Crippen molar-refractivity contribution in [2.24, 2.45) is 0 Å². The van der Waals surface area contributed by atoms with E-state index in [9.17, 15) is 9.59 Å². The smallest absolute Gasteiger partial charge is 0.249 e. The average Bonchev–Trinajstić information content (AvgIpc) is 3.53. The Labute approximate surface area is 214 Å². The fourth-order valence-corrected chi connectivity index (χ4v) is 4.67. The topological polar surface area (TPSA) is 89.3 Å². The maximum Gasteiger partial charge on any atom is 0.249 e. The predicted octanol–water partition coefficient (Wildman–Crippen LogP) is 4.97. The highest BCUT2D eigenvalue weighted by atomic mass is 32.1. The van der Waals surface area contributed by atoms with Crippen LogP contribution in [0.4, 0.5) is 5.69 Å². The van der Waals surface area contributed by atoms with Crippen LogP contribution in [0.25, 0.3) is 11.0 Å². The Hall–Kier alpha value is -3.72. The SMILES string of the molecule is CCOc1ccc(N(C(=O)Cn2nnc3ccccc32)C(C(=O)NC(C)(C)CC)c2cccs2)cc1. The van der Waals surface area contributed by atoms with E-state index < -0.39 is 11.6 Å². The average molecular weight is 506 g/mol. The van der Waals surface area contributed by atoms with Crippen LogP contribution in [0.15, 0.2) is 66.0 Å². The molecule has 1 atom stereocenters. The Morgan fingerprint density at radius 3 is 2.50 bits per heavy atom. The standard InChI is InChI=1S/C27H31N5O3S/c1-5-27(3,4)28-26(34)25(23-12-9-17-36-23)32(19-13-15-20(16-14-19)35-6-2)24(33)18-31-22-11-8-7-10-21(22)29-30-31/h7-17,25H,5-6,18H2,1-4H3,(H,28,34). The summed E-state index contributed by atoms with van der Waals surface area (Å²) in [6, 6.07) is 17.6. The third kappa shape index (κ3) is 5.57. The van der Waals surface area contributed by atoms with Gasteiger partial charge in [-0.15, -0.1) is 16.4 Å². The van der Waals surface area contributed by atoms with Gasteiger partial charge in [0.2, 0.25) is 11.8 Å². The van der Waals surface area contributed by atoms with Gasteiger partial charge in [0.05, 0.1) is 12.1 Å². The van der Waals surface area contributed by atoms with E-state index in [2.05, 4.69) is 15.6 Å². The van der Waals surface area contributed by atoms with Gasteiger partial charge < -0.3 is 10.1 Å². The third-order valence-corrected chi connectivity index (χ3v) is 6.99. The van der Waals surface area contributed by atoms with Crippen LogP contribution in [0, 0.1) is 0 Å². The summed E-state index contributed by atoms with van der Waals surface area (Å²) in [4.78, 5) is 30.1. The molecule has 4 aromatic rings. The lowest BCUT2D eigenvalue weighted by Gasteiger charge is -2.34. The van der Waals surface area contributed by atoms with Gasteiger partial charge in [-0.1, -0.05) is 30.3 Å². The van der Waals surface area contributed by atoms with Crippen molar-refractivity contribution < 1.29 is 14.3 Å². The van der Waals surface area contributed by atoms with E-state index in [1.165, 1.54) is 11.3 Å². The second kappa shape index (κ2) is 10.9. The van der Waals surface area contributed by atoms with Crippen molar-refractivity contribution in [3.8, 4) is 5.75 Å². The van der Waals surface area contributed by atoms with Gasteiger partial charge in [-0.05, 0) is 75.0 Å². The van der Waals surface area contributed by atoms with E-state index in [1.807, 2.05) is 81.6 Å². The molecule has 36 heavy (non-hydrogen) atoms. The molecule has 2 heterocycles. The second-order valence-electron chi connectivity index (χ2n) is 9.07. The minimum absolute atomic E-state index is 0.0694. The van der Waals surface area contributed by atoms with Crippen LogP contribution >= 0.6 is 11.3 Å². The zero-order valence-electron chi connectivity index (χ0n) is 21.0. The van der Waals surface area contributed by atoms with Gasteiger partial charge >= 0.3 is 0 Å². The highest BCUT2D eigenvalue weighted by molar-refractivity contribution is 7.10. The Balaban J connectivity index is 1.77. The van der Waals surface area contributed by atoms with Crippen LogP contribution in [0.5, 0.6) is 5.75 Å². The summed E-state index contributed by atoms with van der Waals surface area (Å²) in [6.45, 7) is 8.35. The molecule has 9 heteroatoms. The van der Waals surface area contributed by atoms with Gasteiger partial charge in [0.25, 0.3) is 0 Å². The molecule has 0 radical (unpaired) electrons. The number of amides is 2. The number of benzene rings is 2. The number of fused-ring (bicyclic) bond motifs is 1. The van der Waals surface area contributed by atoms with Crippen molar-refractivity contribution >= 4 is 39.9 Å². The van der Waals surface area contributed by atoms with Crippen molar-refractivity contribution in [2.45, 2.75) is 52.2 Å². The fraction of sp³-hybridized carbons (Fsp3) is 0.333. The summed E-state index contributed by atoms with van der Waals surface area (Å²) >= 11 is 1.44. The number of carbonyl (C=O) groups excluding carboxylic acids is 2. The number of nitrogens with one attached hydrogen (secondary N) is 1. The molecule has 2 aromatic carbocycles. The summed E-state index contributed by atoms with van der Waals surface area (Å²) in [5, 5.41) is 13.4. The van der Waals surface area contributed by atoms with Gasteiger partial charge in [0, 0.05) is 16.1 Å². The molecule has 1 N–H and O–H groups in total. The first-order valence-corrected chi connectivity index (χ1v) is 12.9. The third-order valence-electron chi connectivity index (χ3n) is 6.06. The maximum atomic E-state index is 14.0. The summed E-state index contributed by atoms with van der Waals surface area (Å²) in [5.74, 6) is 0.174. The molecule has 0 fully saturated rings. The lowest BCUT2D eigenvalue weighted by molar-refractivity contribution is -0.128. The highest BCUT2D eigenvalue weighted by Gasteiger charge is 2.36. The van der Waals surface area contributed by atoms with E-state index in [4.69, 9.17) is 4.74 Å². The van der Waals surface area contributed by atoms with Crippen LogP contribution < -0.4 is 15.0 Å². The number of nitrogens with zero attached hydrogens (tertiary/aromatic N) is 4. The number of rotatable bonds is 10. The highest BCUT2D eigenvalue weighted by Crippen LogP contribution is 2.33. The van der Waals surface area contributed by atoms with Crippen molar-refractivity contribution in [1.82, 2.24) is 20.3 Å². The summed E-state index contributed by atoms with van der Waals surface area (Å²) in [7, 11) is 0. The summed E-state index contributed by atoms with van der Waals surface area (Å²) in [6.07, 6.45) is 0.748. The molecule has 0 aliphatic rings. The Morgan fingerprint density at radius 1 is 1.08 bits per heavy atom. The number of aromatic nitrogens is 3. The minimum Gasteiger partial charge on any atom is -0.494 e. The van der Waals surface area contributed by atoms with Crippen molar-refractivity contribution in [1.29, 1.82) is 0 Å². The predicted molar refractivity (Wildman–Crippen MR) is 142 cm³/mol. The van der Waals surface area contributed by atoms with Gasteiger partial charge in [-0.3, -0.25) is 14.5 Å². The Kier molecular flexibility index (Phi) is 7.69. The number of para-hydroxylation sites is 1. The summed E-state index contributed by atoms with van der Waals surface area (Å²) < 4.78 is 7.16. The molecule has 0 saturated carbocycles. The van der Waals surface area contributed by atoms with Crippen LogP contribution in [0.3, 0.4) is 0 Å². The van der Waals surface area contributed by atoms with E-state index in [1.54, 1.807) is 21.7 Å². The van der Waals surface area contributed by atoms with Crippen LogP contribution in [0.1, 0.15) is 45.0 Å². The molecule has 2 aromatic heterocycles. The number of carbonyl (C=O) groups is 2. The van der Waals surface area contributed by atoms with Gasteiger partial charge in [-0.2, -0.15) is 0 Å². The molecule has 1 unspecified atom stereocenters. The van der Waals surface area contributed by atoms with E-state index >= 15 is 0 Å². The molecular formula is C27H31N5O3S. The number of anilines is 1. The largest absolute Gasteiger partial charge is 0.494 e. The zero-order valence-corrected chi connectivity index (χ0v) is 21.8. The van der Waals surface area contributed by atoms with Crippen LogP contribution in [-0.2, 0) is 16.1 Å². The number of thiophene rings is 1.